The number of rotatable bonds is 1. The lowest BCUT2D eigenvalue weighted by atomic mass is 10.2. The van der Waals surface area contributed by atoms with Gasteiger partial charge in [-0.05, 0) is 40.3 Å². The molecule has 10 heavy (non-hydrogen) atoms. The second kappa shape index (κ2) is 3.39. The summed E-state index contributed by atoms with van der Waals surface area (Å²) < 4.78 is 1.18. The van der Waals surface area contributed by atoms with Gasteiger partial charge in [0, 0.05) is 8.60 Å². The number of benzene rings is 1. The lowest BCUT2D eigenvalue weighted by molar-refractivity contribution is 1.60. The Balaban J connectivity index is 3.07. The molecule has 0 radical (unpaired) electrons. The van der Waals surface area contributed by atoms with Crippen LogP contribution in [0.2, 0.25) is 0 Å². The fourth-order valence-corrected chi connectivity index (χ4v) is 1.32. The number of halogens is 2. The van der Waals surface area contributed by atoms with Crippen LogP contribution < -0.4 is 0 Å². The van der Waals surface area contributed by atoms with Gasteiger partial charge in [-0.25, -0.2) is 0 Å². The van der Waals surface area contributed by atoms with Crippen molar-refractivity contribution in [3.63, 3.8) is 0 Å². The van der Waals surface area contributed by atoms with Gasteiger partial charge in [-0.2, -0.15) is 0 Å². The molecule has 0 unspecified atom stereocenters. The lowest BCUT2D eigenvalue weighted by Crippen LogP contribution is -1.75. The average molecular weight is 264 g/mol. The third kappa shape index (κ3) is 1.99. The molecule has 0 heterocycles. The minimum Gasteiger partial charge on any atom is -0.0843 e. The van der Waals surface area contributed by atoms with Crippen LogP contribution in [0.5, 0.6) is 0 Å². The van der Waals surface area contributed by atoms with Crippen LogP contribution in [0.15, 0.2) is 30.8 Å². The van der Waals surface area contributed by atoms with Crippen LogP contribution in [0, 0.1) is 3.57 Å². The van der Waals surface area contributed by atoms with Gasteiger partial charge < -0.3 is 0 Å². The number of hydrogen-bond acceptors (Lipinski definition) is 0. The van der Waals surface area contributed by atoms with Gasteiger partial charge >= 0.3 is 0 Å². The van der Waals surface area contributed by atoms with Gasteiger partial charge in [0.1, 0.15) is 0 Å². The van der Waals surface area contributed by atoms with E-state index in [-0.39, 0.29) is 0 Å². The lowest BCUT2D eigenvalue weighted by Gasteiger charge is -1.96. The quantitative estimate of drug-likeness (QED) is 0.681. The molecule has 2 heteroatoms. The molecular formula is C8H6ClI. The first-order chi connectivity index (χ1) is 4.70. The Morgan fingerprint density at radius 3 is 2.60 bits per heavy atom. The summed E-state index contributed by atoms with van der Waals surface area (Å²) in [6.45, 7) is 3.63. The highest BCUT2D eigenvalue weighted by Crippen LogP contribution is 2.17. The fraction of sp³-hybridized carbons (Fsp3) is 0. The van der Waals surface area contributed by atoms with Gasteiger partial charge in [0.15, 0.2) is 0 Å². The van der Waals surface area contributed by atoms with Crippen molar-refractivity contribution in [1.82, 2.24) is 0 Å². The molecular weight excluding hydrogens is 258 g/mol. The summed E-state index contributed by atoms with van der Waals surface area (Å²) in [5.74, 6) is 0. The largest absolute Gasteiger partial charge is 0.0843 e. The summed E-state index contributed by atoms with van der Waals surface area (Å²) in [6.07, 6.45) is 0. The Bertz CT molecular complexity index is 255. The molecule has 0 nitrogen and oxygen atoms in total. The van der Waals surface area contributed by atoms with Crippen LogP contribution >= 0.6 is 34.2 Å². The molecule has 0 saturated heterocycles. The Morgan fingerprint density at radius 2 is 2.20 bits per heavy atom. The summed E-state index contributed by atoms with van der Waals surface area (Å²) in [4.78, 5) is 0. The molecule has 0 N–H and O–H groups in total. The third-order valence-corrected chi connectivity index (χ3v) is 2.03. The van der Waals surface area contributed by atoms with Gasteiger partial charge in [0.05, 0.1) is 0 Å². The molecule has 0 atom stereocenters. The predicted octanol–water partition coefficient (Wildman–Crippen LogP) is 3.50. The first-order valence-electron chi connectivity index (χ1n) is 2.80. The highest BCUT2D eigenvalue weighted by atomic mass is 127. The summed E-state index contributed by atoms with van der Waals surface area (Å²) in [6, 6.07) is 7.92. The van der Waals surface area contributed by atoms with E-state index in [0.717, 1.165) is 5.56 Å². The molecule has 0 fully saturated rings. The average Bonchev–Trinajstić information content (AvgIpc) is 1.88. The zero-order chi connectivity index (χ0) is 7.56. The highest BCUT2D eigenvalue weighted by Gasteiger charge is 1.93. The maximum absolute atomic E-state index is 5.68. The summed E-state index contributed by atoms with van der Waals surface area (Å²) in [5, 5.41) is 0.596. The highest BCUT2D eigenvalue weighted by molar-refractivity contribution is 14.1. The third-order valence-electron chi connectivity index (χ3n) is 1.14. The van der Waals surface area contributed by atoms with E-state index in [0.29, 0.717) is 5.03 Å². The fourth-order valence-electron chi connectivity index (χ4n) is 0.657. The molecule has 0 aliphatic carbocycles. The van der Waals surface area contributed by atoms with Crippen LogP contribution in [0.25, 0.3) is 5.03 Å². The molecule has 0 spiro atoms. The monoisotopic (exact) mass is 264 g/mol. The van der Waals surface area contributed by atoms with Gasteiger partial charge in [-0.1, -0.05) is 30.3 Å². The summed E-state index contributed by atoms with van der Waals surface area (Å²) in [5.41, 5.74) is 0.994. The smallest absolute Gasteiger partial charge is 0.0406 e. The molecule has 1 aromatic rings. The zero-order valence-corrected chi connectivity index (χ0v) is 8.19. The topological polar surface area (TPSA) is 0 Å². The van der Waals surface area contributed by atoms with Crippen LogP contribution in [0.4, 0.5) is 0 Å². The van der Waals surface area contributed by atoms with E-state index in [4.69, 9.17) is 11.6 Å². The van der Waals surface area contributed by atoms with Crippen molar-refractivity contribution < 1.29 is 0 Å². The van der Waals surface area contributed by atoms with Crippen molar-refractivity contribution in [2.75, 3.05) is 0 Å². The first-order valence-corrected chi connectivity index (χ1v) is 4.26. The van der Waals surface area contributed by atoms with E-state index in [2.05, 4.69) is 29.2 Å². The van der Waals surface area contributed by atoms with Crippen LogP contribution in [0.1, 0.15) is 5.56 Å². The van der Waals surface area contributed by atoms with Gasteiger partial charge in [0.25, 0.3) is 0 Å². The van der Waals surface area contributed by atoms with Crippen molar-refractivity contribution in [3.8, 4) is 0 Å². The van der Waals surface area contributed by atoms with Crippen molar-refractivity contribution in [2.24, 2.45) is 0 Å². The van der Waals surface area contributed by atoms with E-state index in [1.54, 1.807) is 0 Å². The molecule has 0 aliphatic rings. The molecule has 0 amide bonds. The van der Waals surface area contributed by atoms with Gasteiger partial charge in [-0.15, -0.1) is 0 Å². The normalized spacial score (nSPS) is 9.40. The SMILES string of the molecule is C=C(Cl)c1cccc(I)c1. The summed E-state index contributed by atoms with van der Waals surface area (Å²) >= 11 is 7.92. The van der Waals surface area contributed by atoms with Crippen LogP contribution in [-0.2, 0) is 0 Å². The summed E-state index contributed by atoms with van der Waals surface area (Å²) in [7, 11) is 0. The van der Waals surface area contributed by atoms with Crippen molar-refractivity contribution in [1.29, 1.82) is 0 Å². The van der Waals surface area contributed by atoms with Crippen LogP contribution in [0.3, 0.4) is 0 Å². The van der Waals surface area contributed by atoms with Crippen molar-refractivity contribution in [3.05, 3.63) is 40.0 Å². The first kappa shape index (κ1) is 8.08. The maximum Gasteiger partial charge on any atom is 0.0406 e. The van der Waals surface area contributed by atoms with E-state index < -0.39 is 0 Å². The van der Waals surface area contributed by atoms with E-state index >= 15 is 0 Å². The standard InChI is InChI=1S/C8H6ClI/c1-6(9)7-3-2-4-8(10)5-7/h2-5H,1H2. The molecule has 0 saturated carbocycles. The zero-order valence-electron chi connectivity index (χ0n) is 5.27. The van der Waals surface area contributed by atoms with E-state index in [9.17, 15) is 0 Å². The van der Waals surface area contributed by atoms with Crippen molar-refractivity contribution >= 4 is 39.2 Å². The van der Waals surface area contributed by atoms with E-state index in [1.807, 2.05) is 24.3 Å². The Labute approximate surface area is 79.0 Å². The molecule has 52 valence electrons. The van der Waals surface area contributed by atoms with Crippen molar-refractivity contribution in [2.45, 2.75) is 0 Å². The maximum atomic E-state index is 5.68. The van der Waals surface area contributed by atoms with Gasteiger partial charge in [-0.3, -0.25) is 0 Å². The molecule has 0 aliphatic heterocycles. The van der Waals surface area contributed by atoms with Gasteiger partial charge in [0.2, 0.25) is 0 Å². The molecule has 1 rings (SSSR count). The second-order valence-electron chi connectivity index (χ2n) is 1.92. The molecule has 0 aromatic heterocycles. The minimum atomic E-state index is 0.596. The minimum absolute atomic E-state index is 0.596. The number of hydrogen-bond donors (Lipinski definition) is 0. The Morgan fingerprint density at radius 1 is 1.50 bits per heavy atom. The Hall–Kier alpha value is -0.0200. The molecule has 0 bridgehead atoms. The van der Waals surface area contributed by atoms with Crippen LogP contribution in [-0.4, -0.2) is 0 Å². The second-order valence-corrected chi connectivity index (χ2v) is 3.62. The van der Waals surface area contributed by atoms with E-state index in [1.165, 1.54) is 3.57 Å². The predicted molar refractivity (Wildman–Crippen MR) is 54.0 cm³/mol. The Kier molecular flexibility index (Phi) is 2.74. The molecule has 1 aromatic carbocycles.